The van der Waals surface area contributed by atoms with Crippen LogP contribution in [0.15, 0.2) is 0 Å². The SMILES string of the molecule is CCCC(CC)CCPC. The fourth-order valence-electron chi connectivity index (χ4n) is 1.31. The van der Waals surface area contributed by atoms with Gasteiger partial charge >= 0.3 is 0 Å². The van der Waals surface area contributed by atoms with Gasteiger partial charge in [0.15, 0.2) is 0 Å². The van der Waals surface area contributed by atoms with Gasteiger partial charge in [0.05, 0.1) is 0 Å². The van der Waals surface area contributed by atoms with E-state index in [1.54, 1.807) is 0 Å². The zero-order valence-corrected chi connectivity index (χ0v) is 8.61. The van der Waals surface area contributed by atoms with Crippen LogP contribution in [0.5, 0.6) is 0 Å². The van der Waals surface area contributed by atoms with Crippen LogP contribution in [0.4, 0.5) is 0 Å². The molecule has 0 nitrogen and oxygen atoms in total. The van der Waals surface area contributed by atoms with E-state index in [4.69, 9.17) is 0 Å². The Kier molecular flexibility index (Phi) is 7.86. The lowest BCUT2D eigenvalue weighted by Crippen LogP contribution is -1.98. The minimum atomic E-state index is 1.03. The molecule has 0 spiro atoms. The summed E-state index contributed by atoms with van der Waals surface area (Å²) in [5, 5.41) is 0. The van der Waals surface area contributed by atoms with Crippen LogP contribution in [0.3, 0.4) is 0 Å². The molecule has 0 aromatic carbocycles. The third-order valence-electron chi connectivity index (χ3n) is 2.08. The normalized spacial score (nSPS) is 14.7. The van der Waals surface area contributed by atoms with Crippen LogP contribution in [0.25, 0.3) is 0 Å². The largest absolute Gasteiger partial charge is 0.125 e. The molecule has 0 aromatic rings. The zero-order chi connectivity index (χ0) is 7.82. The van der Waals surface area contributed by atoms with E-state index in [0.717, 1.165) is 14.5 Å². The average molecular weight is 160 g/mol. The molecular weight excluding hydrogens is 139 g/mol. The maximum Gasteiger partial charge on any atom is -0.0353 e. The monoisotopic (exact) mass is 160 g/mol. The topological polar surface area (TPSA) is 0 Å². The molecule has 0 rings (SSSR count). The van der Waals surface area contributed by atoms with Crippen molar-refractivity contribution < 1.29 is 0 Å². The lowest BCUT2D eigenvalue weighted by molar-refractivity contribution is 0.453. The van der Waals surface area contributed by atoms with E-state index in [-0.39, 0.29) is 0 Å². The number of hydrogen-bond acceptors (Lipinski definition) is 0. The second-order valence-electron chi connectivity index (χ2n) is 2.96. The highest BCUT2D eigenvalue weighted by Crippen LogP contribution is 2.18. The molecule has 0 saturated carbocycles. The van der Waals surface area contributed by atoms with E-state index in [2.05, 4.69) is 20.5 Å². The van der Waals surface area contributed by atoms with Crippen LogP contribution in [0, 0.1) is 5.92 Å². The molecule has 0 heterocycles. The van der Waals surface area contributed by atoms with Crippen molar-refractivity contribution in [2.24, 2.45) is 5.92 Å². The van der Waals surface area contributed by atoms with Gasteiger partial charge in [-0.25, -0.2) is 0 Å². The van der Waals surface area contributed by atoms with Crippen molar-refractivity contribution in [2.75, 3.05) is 12.8 Å². The van der Waals surface area contributed by atoms with Gasteiger partial charge in [-0.1, -0.05) is 33.1 Å². The molecule has 0 bridgehead atoms. The Labute approximate surface area is 67.6 Å². The van der Waals surface area contributed by atoms with E-state index < -0.39 is 0 Å². The van der Waals surface area contributed by atoms with Gasteiger partial charge in [0.2, 0.25) is 0 Å². The first-order chi connectivity index (χ1) is 4.85. The van der Waals surface area contributed by atoms with E-state index in [0.29, 0.717) is 0 Å². The van der Waals surface area contributed by atoms with Crippen molar-refractivity contribution >= 4 is 8.58 Å². The third-order valence-corrected chi connectivity index (χ3v) is 2.87. The van der Waals surface area contributed by atoms with Crippen molar-refractivity contribution in [3.05, 3.63) is 0 Å². The zero-order valence-electron chi connectivity index (χ0n) is 7.61. The van der Waals surface area contributed by atoms with Crippen molar-refractivity contribution in [1.82, 2.24) is 0 Å². The van der Waals surface area contributed by atoms with Crippen LogP contribution in [0.1, 0.15) is 39.5 Å². The third kappa shape index (κ3) is 5.23. The second-order valence-corrected chi connectivity index (χ2v) is 4.16. The van der Waals surface area contributed by atoms with Crippen LogP contribution in [-0.4, -0.2) is 12.8 Å². The predicted octanol–water partition coefficient (Wildman–Crippen LogP) is 3.51. The summed E-state index contributed by atoms with van der Waals surface area (Å²) in [5.41, 5.74) is 0. The molecule has 1 heteroatoms. The summed E-state index contributed by atoms with van der Waals surface area (Å²) in [7, 11) is 1.16. The molecule has 0 saturated heterocycles. The van der Waals surface area contributed by atoms with Crippen molar-refractivity contribution in [3.63, 3.8) is 0 Å². The summed E-state index contributed by atoms with van der Waals surface area (Å²) in [6, 6.07) is 0. The first kappa shape index (κ1) is 10.4. The Morgan fingerprint density at radius 1 is 1.20 bits per heavy atom. The molecule has 0 aliphatic carbocycles. The summed E-state index contributed by atoms with van der Waals surface area (Å²) in [6.07, 6.45) is 7.13. The summed E-state index contributed by atoms with van der Waals surface area (Å²) in [4.78, 5) is 0. The van der Waals surface area contributed by atoms with Gasteiger partial charge in [-0.3, -0.25) is 0 Å². The fourth-order valence-corrected chi connectivity index (χ4v) is 2.01. The highest BCUT2D eigenvalue weighted by atomic mass is 31.1. The Hall–Kier alpha value is 0.430. The quantitative estimate of drug-likeness (QED) is 0.521. The summed E-state index contributed by atoms with van der Waals surface area (Å²) < 4.78 is 0. The summed E-state index contributed by atoms with van der Waals surface area (Å²) in [6.45, 7) is 6.91. The Balaban J connectivity index is 3.21. The van der Waals surface area contributed by atoms with Crippen LogP contribution in [-0.2, 0) is 0 Å². The molecule has 2 atom stereocenters. The van der Waals surface area contributed by atoms with E-state index in [1.807, 2.05) is 0 Å². The van der Waals surface area contributed by atoms with E-state index in [9.17, 15) is 0 Å². The Bertz CT molecular complexity index is 61.7. The van der Waals surface area contributed by atoms with Gasteiger partial charge in [0, 0.05) is 0 Å². The molecule has 0 aliphatic rings. The van der Waals surface area contributed by atoms with Gasteiger partial charge in [0.1, 0.15) is 0 Å². The van der Waals surface area contributed by atoms with Gasteiger partial charge in [-0.15, -0.1) is 8.58 Å². The Morgan fingerprint density at radius 3 is 2.30 bits per heavy atom. The fraction of sp³-hybridized carbons (Fsp3) is 1.00. The van der Waals surface area contributed by atoms with Crippen LogP contribution >= 0.6 is 8.58 Å². The minimum Gasteiger partial charge on any atom is -0.125 e. The van der Waals surface area contributed by atoms with Crippen LogP contribution < -0.4 is 0 Å². The molecule has 0 fully saturated rings. The standard InChI is InChI=1S/C9H21P/c1-4-6-9(5-2)7-8-10-3/h9-10H,4-8H2,1-3H3. The average Bonchev–Trinajstić information content (AvgIpc) is 1.98. The molecule has 62 valence electrons. The first-order valence-corrected chi connectivity index (χ1v) is 6.20. The maximum absolute atomic E-state index is 2.32. The van der Waals surface area contributed by atoms with Gasteiger partial charge in [0.25, 0.3) is 0 Å². The lowest BCUT2D eigenvalue weighted by Gasteiger charge is -2.11. The molecule has 0 aliphatic heterocycles. The van der Waals surface area contributed by atoms with Crippen LogP contribution in [0.2, 0.25) is 0 Å². The Morgan fingerprint density at radius 2 is 1.90 bits per heavy atom. The summed E-state index contributed by atoms with van der Waals surface area (Å²) in [5.74, 6) is 1.03. The molecule has 0 amide bonds. The van der Waals surface area contributed by atoms with Gasteiger partial charge in [-0.2, -0.15) is 0 Å². The molecule has 10 heavy (non-hydrogen) atoms. The van der Waals surface area contributed by atoms with Crippen molar-refractivity contribution in [2.45, 2.75) is 39.5 Å². The van der Waals surface area contributed by atoms with Gasteiger partial charge in [-0.05, 0) is 25.2 Å². The highest BCUT2D eigenvalue weighted by molar-refractivity contribution is 7.36. The molecule has 0 aromatic heterocycles. The van der Waals surface area contributed by atoms with E-state index >= 15 is 0 Å². The number of hydrogen-bond donors (Lipinski definition) is 0. The molecular formula is C9H21P. The molecule has 0 radical (unpaired) electrons. The van der Waals surface area contributed by atoms with Gasteiger partial charge < -0.3 is 0 Å². The number of rotatable bonds is 6. The van der Waals surface area contributed by atoms with Crippen molar-refractivity contribution in [3.8, 4) is 0 Å². The first-order valence-electron chi connectivity index (χ1n) is 4.49. The predicted molar refractivity (Wildman–Crippen MR) is 52.4 cm³/mol. The smallest absolute Gasteiger partial charge is 0.0353 e. The second kappa shape index (κ2) is 7.54. The van der Waals surface area contributed by atoms with E-state index in [1.165, 1.54) is 31.8 Å². The molecule has 0 N–H and O–H groups in total. The maximum atomic E-state index is 2.32. The summed E-state index contributed by atoms with van der Waals surface area (Å²) >= 11 is 0. The highest BCUT2D eigenvalue weighted by Gasteiger charge is 2.02. The van der Waals surface area contributed by atoms with Crippen molar-refractivity contribution in [1.29, 1.82) is 0 Å². The lowest BCUT2D eigenvalue weighted by atomic mass is 9.98. The minimum absolute atomic E-state index is 1.03. The molecule has 2 unspecified atom stereocenters.